The second-order valence-corrected chi connectivity index (χ2v) is 9.03. The van der Waals surface area contributed by atoms with E-state index in [4.69, 9.17) is 4.74 Å². The Morgan fingerprint density at radius 3 is 2.54 bits per heavy atom. The number of Topliss-reactive ketones (excluding diaryl/α,β-unsaturated/α-hetero) is 1. The molecular formula is C28H30N4O3. The quantitative estimate of drug-likeness (QED) is 0.306. The number of nitrogens with one attached hydrogen (secondary N) is 1. The molecule has 7 heteroatoms. The number of H-pyrrole nitrogens is 1. The van der Waals surface area contributed by atoms with Crippen LogP contribution in [0.15, 0.2) is 65.5 Å². The smallest absolute Gasteiger partial charge is 0.249 e. The number of hydrogen-bond donors (Lipinski definition) is 1. The highest BCUT2D eigenvalue weighted by molar-refractivity contribution is 6.10. The van der Waals surface area contributed by atoms with E-state index in [0.717, 1.165) is 67.3 Å². The Hall–Kier alpha value is -3.71. The molecule has 2 aromatic carbocycles. The number of fused-ring (bicyclic) bond motifs is 2. The summed E-state index contributed by atoms with van der Waals surface area (Å²) in [5.41, 5.74) is 2.39. The summed E-state index contributed by atoms with van der Waals surface area (Å²) < 4.78 is 5.80. The van der Waals surface area contributed by atoms with Crippen LogP contribution in [0, 0.1) is 0 Å². The molecule has 0 radical (unpaired) electrons. The maximum Gasteiger partial charge on any atom is 0.249 e. The van der Waals surface area contributed by atoms with E-state index in [0.29, 0.717) is 18.1 Å². The van der Waals surface area contributed by atoms with Gasteiger partial charge in [0.15, 0.2) is 5.78 Å². The predicted octanol–water partition coefficient (Wildman–Crippen LogP) is 4.26. The fraction of sp³-hybridized carbons (Fsp3) is 0.321. The van der Waals surface area contributed by atoms with Crippen LogP contribution in [-0.4, -0.2) is 60.0 Å². The SMILES string of the molecule is CC(=O)c1cccc2c(N3CCN(CCCCOc4ccc5ccc(=O)[nH]c5n4)CC3)cccc12. The molecule has 7 nitrogen and oxygen atoms in total. The lowest BCUT2D eigenvalue weighted by molar-refractivity contribution is 0.101. The minimum absolute atomic E-state index is 0.105. The third-order valence-electron chi connectivity index (χ3n) is 6.67. The molecule has 0 atom stereocenters. The van der Waals surface area contributed by atoms with Crippen LogP contribution in [0.4, 0.5) is 5.69 Å². The second-order valence-electron chi connectivity index (χ2n) is 9.03. The van der Waals surface area contributed by atoms with Crippen molar-refractivity contribution in [1.29, 1.82) is 0 Å². The van der Waals surface area contributed by atoms with Gasteiger partial charge < -0.3 is 14.6 Å². The van der Waals surface area contributed by atoms with Crippen LogP contribution in [-0.2, 0) is 0 Å². The number of ketones is 1. The average Bonchev–Trinajstić information content (AvgIpc) is 2.88. The van der Waals surface area contributed by atoms with Crippen LogP contribution in [0.25, 0.3) is 21.8 Å². The highest BCUT2D eigenvalue weighted by atomic mass is 16.5. The fourth-order valence-electron chi connectivity index (χ4n) is 4.79. The van der Waals surface area contributed by atoms with Gasteiger partial charge in [-0.3, -0.25) is 14.5 Å². The lowest BCUT2D eigenvalue weighted by Gasteiger charge is -2.36. The summed E-state index contributed by atoms with van der Waals surface area (Å²) in [5, 5.41) is 3.07. The lowest BCUT2D eigenvalue weighted by atomic mass is 10.00. The number of rotatable bonds is 8. The highest BCUT2D eigenvalue weighted by Crippen LogP contribution is 2.30. The van der Waals surface area contributed by atoms with E-state index in [1.807, 2.05) is 30.3 Å². The molecule has 5 rings (SSSR count). The molecule has 180 valence electrons. The van der Waals surface area contributed by atoms with Crippen molar-refractivity contribution in [3.8, 4) is 5.88 Å². The van der Waals surface area contributed by atoms with E-state index in [2.05, 4.69) is 38.0 Å². The molecule has 4 aromatic rings. The third-order valence-corrected chi connectivity index (χ3v) is 6.67. The van der Waals surface area contributed by atoms with Crippen molar-refractivity contribution in [1.82, 2.24) is 14.9 Å². The van der Waals surface area contributed by atoms with Gasteiger partial charge in [-0.1, -0.05) is 30.3 Å². The zero-order chi connectivity index (χ0) is 24.2. The normalized spacial score (nSPS) is 14.5. The molecule has 3 heterocycles. The first-order valence-corrected chi connectivity index (χ1v) is 12.2. The number of aromatic nitrogens is 2. The van der Waals surface area contributed by atoms with Crippen molar-refractivity contribution in [3.05, 3.63) is 76.6 Å². The number of nitrogens with zero attached hydrogens (tertiary/aromatic N) is 3. The van der Waals surface area contributed by atoms with Crippen LogP contribution < -0.4 is 15.2 Å². The average molecular weight is 471 g/mol. The van der Waals surface area contributed by atoms with Gasteiger partial charge in [-0.05, 0) is 49.9 Å². The highest BCUT2D eigenvalue weighted by Gasteiger charge is 2.19. The van der Waals surface area contributed by atoms with Gasteiger partial charge in [-0.15, -0.1) is 0 Å². The standard InChI is InChI=1S/C28H30N4O3/c1-20(33)22-6-4-8-24-23(22)7-5-9-25(24)32-17-15-31(16-18-32)14-2-3-19-35-27-13-11-21-10-12-26(34)29-28(21)30-27/h4-13H,2-3,14-19H2,1H3,(H,29,30,34). The number of pyridine rings is 2. The summed E-state index contributed by atoms with van der Waals surface area (Å²) in [7, 11) is 0. The molecule has 2 aromatic heterocycles. The fourth-order valence-corrected chi connectivity index (χ4v) is 4.79. The van der Waals surface area contributed by atoms with E-state index in [1.165, 1.54) is 11.8 Å². The summed E-state index contributed by atoms with van der Waals surface area (Å²) in [6.07, 6.45) is 2.00. The van der Waals surface area contributed by atoms with Crippen LogP contribution in [0.1, 0.15) is 30.1 Å². The minimum atomic E-state index is -0.163. The largest absolute Gasteiger partial charge is 0.478 e. The van der Waals surface area contributed by atoms with E-state index in [9.17, 15) is 9.59 Å². The monoisotopic (exact) mass is 470 g/mol. The zero-order valence-corrected chi connectivity index (χ0v) is 20.0. The maximum absolute atomic E-state index is 12.0. The number of carbonyl (C=O) groups excluding carboxylic acids is 1. The van der Waals surface area contributed by atoms with Crippen LogP contribution >= 0.6 is 0 Å². The number of ether oxygens (including phenoxy) is 1. The molecule has 1 aliphatic rings. The number of aromatic amines is 1. The Bertz CT molecular complexity index is 1410. The Balaban J connectivity index is 1.10. The first-order valence-electron chi connectivity index (χ1n) is 12.2. The van der Waals surface area contributed by atoms with Gasteiger partial charge in [0, 0.05) is 60.3 Å². The Morgan fingerprint density at radius 2 is 1.71 bits per heavy atom. The van der Waals surface area contributed by atoms with E-state index in [1.54, 1.807) is 13.0 Å². The van der Waals surface area contributed by atoms with Crippen LogP contribution in [0.5, 0.6) is 5.88 Å². The number of piperazine rings is 1. The lowest BCUT2D eigenvalue weighted by Crippen LogP contribution is -2.46. The van der Waals surface area contributed by atoms with Gasteiger partial charge in [0.2, 0.25) is 11.4 Å². The number of anilines is 1. The second kappa shape index (κ2) is 10.3. The van der Waals surface area contributed by atoms with E-state index in [-0.39, 0.29) is 11.3 Å². The molecule has 0 saturated carbocycles. The molecule has 1 fully saturated rings. The zero-order valence-electron chi connectivity index (χ0n) is 20.0. The van der Waals surface area contributed by atoms with Crippen molar-refractivity contribution < 1.29 is 9.53 Å². The predicted molar refractivity (Wildman–Crippen MR) is 140 cm³/mol. The van der Waals surface area contributed by atoms with Crippen molar-refractivity contribution in [2.24, 2.45) is 0 Å². The maximum atomic E-state index is 12.0. The van der Waals surface area contributed by atoms with Crippen molar-refractivity contribution in [2.45, 2.75) is 19.8 Å². The number of carbonyl (C=O) groups is 1. The summed E-state index contributed by atoms with van der Waals surface area (Å²) in [6.45, 7) is 7.25. The third kappa shape index (κ3) is 5.20. The van der Waals surface area contributed by atoms with Gasteiger partial charge in [-0.25, -0.2) is 0 Å². The first kappa shape index (κ1) is 23.1. The molecule has 0 aliphatic carbocycles. The number of hydrogen-bond acceptors (Lipinski definition) is 6. The molecule has 0 unspecified atom stereocenters. The summed E-state index contributed by atoms with van der Waals surface area (Å²) in [5.74, 6) is 0.642. The summed E-state index contributed by atoms with van der Waals surface area (Å²) >= 11 is 0. The molecule has 0 spiro atoms. The number of benzene rings is 2. The van der Waals surface area contributed by atoms with E-state index < -0.39 is 0 Å². The Kier molecular flexibility index (Phi) is 6.77. The summed E-state index contributed by atoms with van der Waals surface area (Å²) in [6, 6.07) is 19.3. The van der Waals surface area contributed by atoms with Crippen molar-refractivity contribution in [3.63, 3.8) is 0 Å². The molecule has 0 bridgehead atoms. The molecule has 0 amide bonds. The first-order chi connectivity index (χ1) is 17.1. The van der Waals surface area contributed by atoms with Crippen LogP contribution in [0.3, 0.4) is 0 Å². The number of unbranched alkanes of at least 4 members (excludes halogenated alkanes) is 1. The molecule has 1 aliphatic heterocycles. The topological polar surface area (TPSA) is 78.5 Å². The van der Waals surface area contributed by atoms with Gasteiger partial charge in [0.05, 0.1) is 6.61 Å². The van der Waals surface area contributed by atoms with Gasteiger partial charge in [-0.2, -0.15) is 4.98 Å². The molecule has 1 saturated heterocycles. The molecular weight excluding hydrogens is 440 g/mol. The molecule has 1 N–H and O–H groups in total. The van der Waals surface area contributed by atoms with Gasteiger partial charge >= 0.3 is 0 Å². The Labute approximate surface area is 204 Å². The van der Waals surface area contributed by atoms with Gasteiger partial charge in [0.1, 0.15) is 5.65 Å². The van der Waals surface area contributed by atoms with Crippen molar-refractivity contribution >= 4 is 33.3 Å². The van der Waals surface area contributed by atoms with E-state index >= 15 is 0 Å². The Morgan fingerprint density at radius 1 is 0.943 bits per heavy atom. The summed E-state index contributed by atoms with van der Waals surface area (Å²) in [4.78, 5) is 35.6. The van der Waals surface area contributed by atoms with Crippen molar-refractivity contribution in [2.75, 3.05) is 44.2 Å². The van der Waals surface area contributed by atoms with Crippen LogP contribution in [0.2, 0.25) is 0 Å². The van der Waals surface area contributed by atoms with Gasteiger partial charge in [0.25, 0.3) is 0 Å². The molecule has 35 heavy (non-hydrogen) atoms. The minimum Gasteiger partial charge on any atom is -0.478 e.